The van der Waals surface area contributed by atoms with Crippen LogP contribution in [-0.2, 0) is 0 Å². The van der Waals surface area contributed by atoms with E-state index in [1.807, 2.05) is 0 Å². The van der Waals surface area contributed by atoms with Gasteiger partial charge in [0.15, 0.2) is 0 Å². The first-order valence-corrected chi connectivity index (χ1v) is 8.48. The van der Waals surface area contributed by atoms with E-state index in [0.717, 1.165) is 6.54 Å². The average molecular weight is 384 g/mol. The molecule has 3 rings (SSSR count). The van der Waals surface area contributed by atoms with E-state index in [1.165, 1.54) is 49.9 Å². The van der Waals surface area contributed by atoms with Gasteiger partial charge in [0.05, 0.1) is 6.07 Å². The summed E-state index contributed by atoms with van der Waals surface area (Å²) in [5.74, 6) is -0.644. The molecule has 6 nitrogen and oxygen atoms in total. The zero-order valence-corrected chi connectivity index (χ0v) is 15.4. The number of rotatable bonds is 7. The number of aromatic nitrogens is 1. The first kappa shape index (κ1) is 20.2. The molecule has 1 aliphatic rings. The lowest BCUT2D eigenvalue weighted by molar-refractivity contribution is 0.0987. The van der Waals surface area contributed by atoms with Crippen LogP contribution in [0.1, 0.15) is 36.2 Å². The number of anilines is 1. The molecule has 0 radical (unpaired) electrons. The smallest absolute Gasteiger partial charge is 0.294 e. The highest BCUT2D eigenvalue weighted by atomic mass is 35.5. The Kier molecular flexibility index (Phi) is 7.41. The van der Waals surface area contributed by atoms with Crippen molar-refractivity contribution in [2.45, 2.75) is 31.7 Å². The summed E-state index contributed by atoms with van der Waals surface area (Å²) < 4.78 is 23.7. The van der Waals surface area contributed by atoms with Crippen LogP contribution in [0.3, 0.4) is 0 Å². The summed E-state index contributed by atoms with van der Waals surface area (Å²) in [4.78, 5) is 14.4. The molecule has 1 aromatic heterocycles. The molecule has 1 heterocycles. The standard InChI is InChI=1S/C18H22FN3O3.ClH/c1-22(15-7-2-3-8-15)9-10-24-17-12-16(25-21-17)18(23)20-14-6-4-5-13(19)11-14;/h4-6,11-12,15H,2-3,7-10H2,1H3,(H,20,23);1H. The second-order valence-electron chi connectivity index (χ2n) is 6.26. The van der Waals surface area contributed by atoms with Crippen LogP contribution in [0.15, 0.2) is 34.9 Å². The van der Waals surface area contributed by atoms with Crippen molar-refractivity contribution in [2.75, 3.05) is 25.5 Å². The summed E-state index contributed by atoms with van der Waals surface area (Å²) >= 11 is 0. The number of nitrogens with one attached hydrogen (secondary N) is 1. The van der Waals surface area contributed by atoms with Gasteiger partial charge in [-0.15, -0.1) is 12.4 Å². The molecule has 0 unspecified atom stereocenters. The quantitative estimate of drug-likeness (QED) is 0.788. The highest BCUT2D eigenvalue weighted by Crippen LogP contribution is 2.22. The number of ether oxygens (including phenoxy) is 1. The molecule has 1 aliphatic carbocycles. The Morgan fingerprint density at radius 3 is 2.88 bits per heavy atom. The predicted molar refractivity (Wildman–Crippen MR) is 98.5 cm³/mol. The Balaban J connectivity index is 0.00000243. The molecule has 26 heavy (non-hydrogen) atoms. The molecule has 1 N–H and O–H groups in total. The molecule has 1 aromatic carbocycles. The molecule has 0 atom stereocenters. The maximum atomic E-state index is 13.1. The third-order valence-corrected chi connectivity index (χ3v) is 4.44. The summed E-state index contributed by atoms with van der Waals surface area (Å²) in [6, 6.07) is 7.70. The van der Waals surface area contributed by atoms with E-state index < -0.39 is 11.7 Å². The lowest BCUT2D eigenvalue weighted by Crippen LogP contribution is -2.32. The van der Waals surface area contributed by atoms with E-state index in [0.29, 0.717) is 18.3 Å². The Morgan fingerprint density at radius 2 is 2.15 bits per heavy atom. The average Bonchev–Trinajstić information content (AvgIpc) is 3.27. The first-order valence-electron chi connectivity index (χ1n) is 8.48. The molecule has 142 valence electrons. The van der Waals surface area contributed by atoms with Crippen LogP contribution in [0.4, 0.5) is 10.1 Å². The second kappa shape index (κ2) is 9.54. The number of halogens is 2. The molecule has 8 heteroatoms. The number of hydrogen-bond donors (Lipinski definition) is 1. The Bertz CT molecular complexity index is 719. The van der Waals surface area contributed by atoms with E-state index in [-0.39, 0.29) is 24.0 Å². The predicted octanol–water partition coefficient (Wildman–Crippen LogP) is 3.74. The minimum absolute atomic E-state index is 0. The zero-order chi connectivity index (χ0) is 17.6. The van der Waals surface area contributed by atoms with Gasteiger partial charge in [-0.25, -0.2) is 4.39 Å². The van der Waals surface area contributed by atoms with Gasteiger partial charge >= 0.3 is 0 Å². The molecule has 0 bridgehead atoms. The van der Waals surface area contributed by atoms with Crippen molar-refractivity contribution >= 4 is 24.0 Å². The van der Waals surface area contributed by atoms with E-state index >= 15 is 0 Å². The number of carbonyl (C=O) groups is 1. The van der Waals surface area contributed by atoms with Crippen molar-refractivity contribution in [1.29, 1.82) is 0 Å². The van der Waals surface area contributed by atoms with Crippen LogP contribution in [-0.4, -0.2) is 42.2 Å². The van der Waals surface area contributed by atoms with Gasteiger partial charge in [-0.1, -0.05) is 18.9 Å². The minimum atomic E-state index is -0.504. The largest absolute Gasteiger partial charge is 0.474 e. The van der Waals surface area contributed by atoms with E-state index in [9.17, 15) is 9.18 Å². The summed E-state index contributed by atoms with van der Waals surface area (Å²) in [6.45, 7) is 1.27. The highest BCUT2D eigenvalue weighted by Gasteiger charge is 2.19. The zero-order valence-electron chi connectivity index (χ0n) is 14.6. The fourth-order valence-corrected chi connectivity index (χ4v) is 3.01. The van der Waals surface area contributed by atoms with Crippen molar-refractivity contribution in [2.24, 2.45) is 0 Å². The topological polar surface area (TPSA) is 67.6 Å². The summed E-state index contributed by atoms with van der Waals surface area (Å²) in [5.41, 5.74) is 0.349. The molecule has 1 saturated carbocycles. The molecule has 1 fully saturated rings. The Labute approximate surface area is 158 Å². The third kappa shape index (κ3) is 5.44. The van der Waals surface area contributed by atoms with Gasteiger partial charge in [0.25, 0.3) is 11.8 Å². The van der Waals surface area contributed by atoms with E-state index in [2.05, 4.69) is 22.4 Å². The fourth-order valence-electron chi connectivity index (χ4n) is 3.01. The fraction of sp³-hybridized carbons (Fsp3) is 0.444. The number of amides is 1. The van der Waals surface area contributed by atoms with Gasteiger partial charge in [-0.2, -0.15) is 0 Å². The highest BCUT2D eigenvalue weighted by molar-refractivity contribution is 6.02. The molecule has 1 amide bonds. The van der Waals surface area contributed by atoms with Crippen molar-refractivity contribution in [3.8, 4) is 5.88 Å². The number of hydrogen-bond acceptors (Lipinski definition) is 5. The maximum Gasteiger partial charge on any atom is 0.294 e. The SMILES string of the molecule is CN(CCOc1cc(C(=O)Nc2cccc(F)c2)on1)C1CCCC1.Cl. The van der Waals surface area contributed by atoms with Crippen molar-refractivity contribution in [1.82, 2.24) is 10.1 Å². The van der Waals surface area contributed by atoms with Gasteiger partial charge in [-0.3, -0.25) is 4.79 Å². The summed E-state index contributed by atoms with van der Waals surface area (Å²) in [7, 11) is 2.10. The van der Waals surface area contributed by atoms with Gasteiger partial charge in [-0.05, 0) is 43.2 Å². The van der Waals surface area contributed by atoms with Crippen molar-refractivity contribution < 1.29 is 18.4 Å². The number of nitrogens with zero attached hydrogens (tertiary/aromatic N) is 2. The Hall–Kier alpha value is -2.12. The molecular formula is C18H23ClFN3O3. The van der Waals surface area contributed by atoms with Gasteiger partial charge in [0, 0.05) is 18.3 Å². The number of benzene rings is 1. The van der Waals surface area contributed by atoms with Crippen molar-refractivity contribution in [3.05, 3.63) is 41.9 Å². The van der Waals surface area contributed by atoms with Crippen LogP contribution in [0.2, 0.25) is 0 Å². The van der Waals surface area contributed by atoms with Crippen LogP contribution in [0.5, 0.6) is 5.88 Å². The van der Waals surface area contributed by atoms with Crippen LogP contribution >= 0.6 is 12.4 Å². The molecule has 0 saturated heterocycles. The number of carbonyl (C=O) groups excluding carboxylic acids is 1. The minimum Gasteiger partial charge on any atom is -0.474 e. The normalized spacial score (nSPS) is 14.3. The van der Waals surface area contributed by atoms with E-state index in [1.54, 1.807) is 6.07 Å². The maximum absolute atomic E-state index is 13.1. The van der Waals surface area contributed by atoms with Gasteiger partial charge in [0.2, 0.25) is 5.76 Å². The lowest BCUT2D eigenvalue weighted by atomic mass is 10.2. The second-order valence-corrected chi connectivity index (χ2v) is 6.26. The van der Waals surface area contributed by atoms with Crippen LogP contribution in [0.25, 0.3) is 0 Å². The molecular weight excluding hydrogens is 361 g/mol. The van der Waals surface area contributed by atoms with Crippen LogP contribution < -0.4 is 10.1 Å². The third-order valence-electron chi connectivity index (χ3n) is 4.44. The monoisotopic (exact) mass is 383 g/mol. The molecule has 0 spiro atoms. The molecule has 2 aromatic rings. The van der Waals surface area contributed by atoms with Crippen LogP contribution in [0, 0.1) is 5.82 Å². The van der Waals surface area contributed by atoms with E-state index in [4.69, 9.17) is 9.26 Å². The van der Waals surface area contributed by atoms with Gasteiger partial charge < -0.3 is 19.5 Å². The summed E-state index contributed by atoms with van der Waals surface area (Å²) in [5, 5.41) is 6.29. The number of likely N-dealkylation sites (N-methyl/N-ethyl adjacent to an activating group) is 1. The van der Waals surface area contributed by atoms with Crippen molar-refractivity contribution in [3.63, 3.8) is 0 Å². The Morgan fingerprint density at radius 1 is 1.38 bits per heavy atom. The molecule has 0 aliphatic heterocycles. The summed E-state index contributed by atoms with van der Waals surface area (Å²) in [6.07, 6.45) is 5.07. The lowest BCUT2D eigenvalue weighted by Gasteiger charge is -2.23. The van der Waals surface area contributed by atoms with Gasteiger partial charge in [0.1, 0.15) is 12.4 Å². The first-order chi connectivity index (χ1) is 12.1.